The minimum absolute atomic E-state index is 0.144. The number of nitrogens with two attached hydrogens (primary N) is 1. The number of nitrogens with zero attached hydrogens (tertiary/aromatic N) is 3. The van der Waals surface area contributed by atoms with Crippen LogP contribution in [0.5, 0.6) is 0 Å². The van der Waals surface area contributed by atoms with Gasteiger partial charge in [-0.3, -0.25) is 4.79 Å². The highest BCUT2D eigenvalue weighted by atomic mass is 35.5. The van der Waals surface area contributed by atoms with Crippen LogP contribution in [0.1, 0.15) is 15.9 Å². The number of halogens is 1. The maximum atomic E-state index is 12.3. The molecule has 4 rings (SSSR count). The fourth-order valence-electron chi connectivity index (χ4n) is 2.80. The Morgan fingerprint density at radius 3 is 2.37 bits per heavy atom. The van der Waals surface area contributed by atoms with Crippen LogP contribution in [0, 0.1) is 0 Å². The summed E-state index contributed by atoms with van der Waals surface area (Å²) in [6.45, 7) is 0. The highest BCUT2D eigenvalue weighted by molar-refractivity contribution is 7.98. The molecular weight excluding hydrogens is 418 g/mol. The van der Waals surface area contributed by atoms with E-state index < -0.39 is 0 Å². The molecular formula is C22H18ClN5OS. The van der Waals surface area contributed by atoms with E-state index in [1.54, 1.807) is 24.3 Å². The number of carbonyl (C=O) groups is 1. The Morgan fingerprint density at radius 1 is 0.967 bits per heavy atom. The molecule has 0 aliphatic heterocycles. The molecule has 30 heavy (non-hydrogen) atoms. The van der Waals surface area contributed by atoms with Crippen LogP contribution in [0.4, 0.5) is 5.69 Å². The van der Waals surface area contributed by atoms with Gasteiger partial charge < -0.3 is 11.2 Å². The Morgan fingerprint density at radius 2 is 1.67 bits per heavy atom. The van der Waals surface area contributed by atoms with E-state index >= 15 is 0 Å². The number of benzene rings is 3. The van der Waals surface area contributed by atoms with E-state index in [1.807, 2.05) is 54.6 Å². The topological polar surface area (TPSA) is 85.8 Å². The molecule has 0 fully saturated rings. The molecule has 0 spiro atoms. The molecule has 0 radical (unpaired) electrons. The average molecular weight is 436 g/mol. The number of nitrogen functional groups attached to an aromatic ring is 1. The minimum Gasteiger partial charge on any atom is -0.335 e. The molecule has 0 saturated carbocycles. The third-order valence-corrected chi connectivity index (χ3v) is 5.65. The van der Waals surface area contributed by atoms with Crippen LogP contribution in [0.15, 0.2) is 84.0 Å². The van der Waals surface area contributed by atoms with Crippen molar-refractivity contribution in [3.8, 4) is 11.4 Å². The molecule has 150 valence electrons. The highest BCUT2D eigenvalue weighted by Crippen LogP contribution is 2.25. The molecule has 4 aromatic rings. The zero-order valence-electron chi connectivity index (χ0n) is 15.8. The van der Waals surface area contributed by atoms with Gasteiger partial charge in [0.15, 0.2) is 5.82 Å². The summed E-state index contributed by atoms with van der Waals surface area (Å²) in [6, 6.07) is 24.1. The van der Waals surface area contributed by atoms with Crippen LogP contribution < -0.4 is 11.2 Å². The van der Waals surface area contributed by atoms with Gasteiger partial charge in [0, 0.05) is 27.6 Å². The van der Waals surface area contributed by atoms with Crippen molar-refractivity contribution in [1.82, 2.24) is 14.9 Å². The minimum atomic E-state index is -0.144. The first-order valence-electron chi connectivity index (χ1n) is 9.15. The molecule has 0 aliphatic rings. The van der Waals surface area contributed by atoms with Gasteiger partial charge in [0.05, 0.1) is 0 Å². The molecule has 0 saturated heterocycles. The first kappa shape index (κ1) is 20.0. The van der Waals surface area contributed by atoms with Gasteiger partial charge in [-0.05, 0) is 54.1 Å². The Bertz CT molecular complexity index is 1140. The van der Waals surface area contributed by atoms with Crippen molar-refractivity contribution in [2.75, 3.05) is 11.2 Å². The van der Waals surface area contributed by atoms with E-state index in [2.05, 4.69) is 15.5 Å². The van der Waals surface area contributed by atoms with Crippen molar-refractivity contribution in [1.29, 1.82) is 0 Å². The highest BCUT2D eigenvalue weighted by Gasteiger charge is 2.13. The van der Waals surface area contributed by atoms with Gasteiger partial charge >= 0.3 is 0 Å². The molecule has 6 nitrogen and oxygen atoms in total. The maximum absolute atomic E-state index is 12.3. The van der Waals surface area contributed by atoms with Crippen LogP contribution in [-0.2, 0) is 5.75 Å². The summed E-state index contributed by atoms with van der Waals surface area (Å²) in [5.41, 5.74) is 3.25. The maximum Gasteiger partial charge on any atom is 0.255 e. The van der Waals surface area contributed by atoms with Crippen molar-refractivity contribution < 1.29 is 4.79 Å². The summed E-state index contributed by atoms with van der Waals surface area (Å²) >= 11 is 7.40. The number of para-hydroxylation sites is 1. The lowest BCUT2D eigenvalue weighted by Gasteiger charge is -2.07. The fraction of sp³-hybridized carbons (Fsp3) is 0.0455. The predicted molar refractivity (Wildman–Crippen MR) is 121 cm³/mol. The summed E-state index contributed by atoms with van der Waals surface area (Å²) in [6.07, 6.45) is 0. The largest absolute Gasteiger partial charge is 0.335 e. The second kappa shape index (κ2) is 9.02. The van der Waals surface area contributed by atoms with Gasteiger partial charge in [-0.1, -0.05) is 53.7 Å². The molecule has 0 aliphatic carbocycles. The smallest absolute Gasteiger partial charge is 0.255 e. The Labute approximate surface area is 183 Å². The van der Waals surface area contributed by atoms with E-state index in [1.165, 1.54) is 16.4 Å². The van der Waals surface area contributed by atoms with Crippen molar-refractivity contribution in [2.45, 2.75) is 10.9 Å². The van der Waals surface area contributed by atoms with Crippen molar-refractivity contribution in [3.63, 3.8) is 0 Å². The second-order valence-corrected chi connectivity index (χ2v) is 7.87. The van der Waals surface area contributed by atoms with Gasteiger partial charge in [-0.2, -0.15) is 0 Å². The molecule has 1 aromatic heterocycles. The van der Waals surface area contributed by atoms with Crippen LogP contribution in [0.3, 0.4) is 0 Å². The number of amides is 1. The van der Waals surface area contributed by atoms with Gasteiger partial charge in [-0.15, -0.1) is 10.2 Å². The summed E-state index contributed by atoms with van der Waals surface area (Å²) in [5, 5.41) is 12.5. The van der Waals surface area contributed by atoms with Crippen LogP contribution in [-0.4, -0.2) is 20.8 Å². The summed E-state index contributed by atoms with van der Waals surface area (Å²) in [7, 11) is 0. The first-order chi connectivity index (χ1) is 14.6. The van der Waals surface area contributed by atoms with Crippen LogP contribution >= 0.6 is 23.4 Å². The van der Waals surface area contributed by atoms with Gasteiger partial charge in [0.2, 0.25) is 5.16 Å². The van der Waals surface area contributed by atoms with E-state index in [-0.39, 0.29) is 5.91 Å². The Balaban J connectivity index is 1.39. The molecule has 0 atom stereocenters. The van der Waals surface area contributed by atoms with Crippen molar-refractivity contribution in [3.05, 3.63) is 95.0 Å². The van der Waals surface area contributed by atoms with Crippen LogP contribution in [0.25, 0.3) is 11.4 Å². The van der Waals surface area contributed by atoms with Gasteiger partial charge in [0.1, 0.15) is 0 Å². The molecule has 1 amide bonds. The molecule has 0 bridgehead atoms. The summed E-state index contributed by atoms with van der Waals surface area (Å²) in [4.78, 5) is 12.3. The SMILES string of the molecule is Nn1c(SCc2ccc(C(=O)Nc3ccccc3)cc2)nnc1-c1ccc(Cl)cc1. The van der Waals surface area contributed by atoms with Gasteiger partial charge in [-0.25, -0.2) is 4.68 Å². The van der Waals surface area contributed by atoms with E-state index in [0.29, 0.717) is 27.3 Å². The van der Waals surface area contributed by atoms with E-state index in [9.17, 15) is 4.79 Å². The van der Waals surface area contributed by atoms with E-state index in [0.717, 1.165) is 16.8 Å². The molecule has 0 unspecified atom stereocenters. The summed E-state index contributed by atoms with van der Waals surface area (Å²) in [5.74, 6) is 7.24. The first-order valence-corrected chi connectivity index (χ1v) is 10.5. The summed E-state index contributed by atoms with van der Waals surface area (Å²) < 4.78 is 1.47. The van der Waals surface area contributed by atoms with Crippen LogP contribution in [0.2, 0.25) is 5.02 Å². The lowest BCUT2D eigenvalue weighted by atomic mass is 10.1. The lowest BCUT2D eigenvalue weighted by Crippen LogP contribution is -2.12. The predicted octanol–water partition coefficient (Wildman–Crippen LogP) is 4.86. The standard InChI is InChI=1S/C22H18ClN5OS/c23-18-12-10-16(11-13-18)20-26-27-22(28(20)24)30-14-15-6-8-17(9-7-15)21(29)25-19-4-2-1-3-5-19/h1-13H,14,24H2,(H,25,29). The average Bonchev–Trinajstić information content (AvgIpc) is 3.14. The quantitative estimate of drug-likeness (QED) is 0.333. The van der Waals surface area contributed by atoms with Crippen molar-refractivity contribution >= 4 is 35.0 Å². The molecule has 1 heterocycles. The van der Waals surface area contributed by atoms with Gasteiger partial charge in [0.25, 0.3) is 5.91 Å². The molecule has 3 aromatic carbocycles. The Hall–Kier alpha value is -3.29. The molecule has 8 heteroatoms. The lowest BCUT2D eigenvalue weighted by molar-refractivity contribution is 0.102. The number of anilines is 1. The number of nitrogens with one attached hydrogen (secondary N) is 1. The normalized spacial score (nSPS) is 10.7. The number of aromatic nitrogens is 3. The Kier molecular flexibility index (Phi) is 6.02. The van der Waals surface area contributed by atoms with E-state index in [4.69, 9.17) is 17.4 Å². The number of hydrogen-bond acceptors (Lipinski definition) is 5. The zero-order chi connectivity index (χ0) is 20.9. The zero-order valence-corrected chi connectivity index (χ0v) is 17.4. The second-order valence-electron chi connectivity index (χ2n) is 6.49. The van der Waals surface area contributed by atoms with Crippen molar-refractivity contribution in [2.24, 2.45) is 0 Å². The third-order valence-electron chi connectivity index (χ3n) is 4.38. The third kappa shape index (κ3) is 4.64. The fourth-order valence-corrected chi connectivity index (χ4v) is 3.73. The number of hydrogen-bond donors (Lipinski definition) is 2. The monoisotopic (exact) mass is 435 g/mol. The molecule has 3 N–H and O–H groups in total. The number of thioether (sulfide) groups is 1. The number of carbonyl (C=O) groups excluding carboxylic acids is 1. The number of rotatable bonds is 6.